The van der Waals surface area contributed by atoms with Crippen molar-refractivity contribution in [3.05, 3.63) is 65.7 Å². The Morgan fingerprint density at radius 2 is 1.68 bits per heavy atom. The largest absolute Gasteiger partial charge is 0.326 e. The number of benzene rings is 2. The molecule has 19 heavy (non-hydrogen) atoms. The maximum absolute atomic E-state index is 4.72. The second-order valence-corrected chi connectivity index (χ2v) is 4.91. The summed E-state index contributed by atoms with van der Waals surface area (Å²) in [6, 6.07) is 19.1. The first kappa shape index (κ1) is 12.0. The number of nitrogens with zero attached hydrogens (tertiary/aromatic N) is 2. The van der Waals surface area contributed by atoms with Gasteiger partial charge in [0.15, 0.2) is 0 Å². The smallest absolute Gasteiger partial charge is 0.135 e. The molecular weight excluding hydrogens is 232 g/mol. The van der Waals surface area contributed by atoms with Gasteiger partial charge < -0.3 is 4.90 Å². The van der Waals surface area contributed by atoms with Crippen LogP contribution in [0.2, 0.25) is 0 Å². The number of hydrogen-bond acceptors (Lipinski definition) is 2. The predicted molar refractivity (Wildman–Crippen MR) is 81.0 cm³/mol. The zero-order valence-electron chi connectivity index (χ0n) is 11.2. The highest BCUT2D eigenvalue weighted by Crippen LogP contribution is 2.21. The Hall–Kier alpha value is -2.09. The first-order valence-corrected chi connectivity index (χ1v) is 6.79. The lowest BCUT2D eigenvalue weighted by Gasteiger charge is -2.29. The minimum Gasteiger partial charge on any atom is -0.326 e. The summed E-state index contributed by atoms with van der Waals surface area (Å²) in [5.41, 5.74) is 3.72. The van der Waals surface area contributed by atoms with Crippen LogP contribution in [0.1, 0.15) is 17.5 Å². The van der Waals surface area contributed by atoms with Gasteiger partial charge >= 0.3 is 0 Å². The Morgan fingerprint density at radius 1 is 0.947 bits per heavy atom. The van der Waals surface area contributed by atoms with Crippen molar-refractivity contribution in [1.82, 2.24) is 0 Å². The highest BCUT2D eigenvalue weighted by atomic mass is 15.2. The van der Waals surface area contributed by atoms with Crippen LogP contribution in [-0.2, 0) is 0 Å². The topological polar surface area (TPSA) is 15.6 Å². The van der Waals surface area contributed by atoms with Crippen LogP contribution in [0.3, 0.4) is 0 Å². The highest BCUT2D eigenvalue weighted by Gasteiger charge is 2.18. The van der Waals surface area contributed by atoms with E-state index in [9.17, 15) is 0 Å². The van der Waals surface area contributed by atoms with Crippen molar-refractivity contribution in [2.45, 2.75) is 13.3 Å². The summed E-state index contributed by atoms with van der Waals surface area (Å²) < 4.78 is 0. The minimum absolute atomic E-state index is 0.923. The van der Waals surface area contributed by atoms with Gasteiger partial charge in [-0.2, -0.15) is 0 Å². The van der Waals surface area contributed by atoms with Gasteiger partial charge in [0, 0.05) is 24.3 Å². The molecule has 2 heteroatoms. The average Bonchev–Trinajstić information content (AvgIpc) is 2.49. The highest BCUT2D eigenvalue weighted by molar-refractivity contribution is 6.10. The fourth-order valence-corrected chi connectivity index (χ4v) is 2.42. The first-order valence-electron chi connectivity index (χ1n) is 6.79. The molecule has 1 aliphatic heterocycles. The summed E-state index contributed by atoms with van der Waals surface area (Å²) in [5.74, 6) is 1.09. The van der Waals surface area contributed by atoms with Gasteiger partial charge in [-0.05, 0) is 25.5 Å². The quantitative estimate of drug-likeness (QED) is 0.794. The van der Waals surface area contributed by atoms with Crippen molar-refractivity contribution in [3.8, 4) is 0 Å². The van der Waals surface area contributed by atoms with Gasteiger partial charge in [0.05, 0.1) is 0 Å². The lowest BCUT2D eigenvalue weighted by Crippen LogP contribution is -2.36. The molecule has 0 unspecified atom stereocenters. The molecule has 0 spiro atoms. The molecule has 0 saturated heterocycles. The number of anilines is 1. The summed E-state index contributed by atoms with van der Waals surface area (Å²) in [4.78, 5) is 7.04. The lowest BCUT2D eigenvalue weighted by molar-refractivity contribution is 0.790. The second kappa shape index (κ2) is 5.27. The summed E-state index contributed by atoms with van der Waals surface area (Å²) in [5, 5.41) is 0. The first-order chi connectivity index (χ1) is 9.34. The third-order valence-corrected chi connectivity index (χ3v) is 3.43. The summed E-state index contributed by atoms with van der Waals surface area (Å²) in [6.07, 6.45) is 1.12. The Morgan fingerprint density at radius 3 is 2.42 bits per heavy atom. The molecule has 2 aromatic rings. The Labute approximate surface area is 114 Å². The zero-order chi connectivity index (χ0) is 13.1. The molecule has 2 nitrogen and oxygen atoms in total. The van der Waals surface area contributed by atoms with Crippen molar-refractivity contribution in [2.75, 3.05) is 18.0 Å². The Bertz CT molecular complexity index is 570. The van der Waals surface area contributed by atoms with Crippen molar-refractivity contribution < 1.29 is 0 Å². The van der Waals surface area contributed by atoms with Crippen LogP contribution in [0.15, 0.2) is 59.6 Å². The van der Waals surface area contributed by atoms with Crippen LogP contribution in [0.4, 0.5) is 5.69 Å². The molecule has 1 heterocycles. The van der Waals surface area contributed by atoms with Gasteiger partial charge in [-0.15, -0.1) is 0 Å². The van der Waals surface area contributed by atoms with Gasteiger partial charge in [0.25, 0.3) is 0 Å². The van der Waals surface area contributed by atoms with Gasteiger partial charge in [-0.1, -0.05) is 48.0 Å². The zero-order valence-corrected chi connectivity index (χ0v) is 11.2. The molecule has 0 N–H and O–H groups in total. The van der Waals surface area contributed by atoms with E-state index in [4.69, 9.17) is 4.99 Å². The van der Waals surface area contributed by atoms with Crippen molar-refractivity contribution >= 4 is 11.5 Å². The summed E-state index contributed by atoms with van der Waals surface area (Å²) in [7, 11) is 0. The van der Waals surface area contributed by atoms with E-state index in [1.807, 2.05) is 6.07 Å². The van der Waals surface area contributed by atoms with Crippen LogP contribution in [0.25, 0.3) is 0 Å². The fraction of sp³-hybridized carbons (Fsp3) is 0.235. The van der Waals surface area contributed by atoms with Crippen LogP contribution < -0.4 is 4.90 Å². The maximum atomic E-state index is 4.72. The van der Waals surface area contributed by atoms with Gasteiger partial charge in [-0.25, -0.2) is 0 Å². The molecule has 3 rings (SSSR count). The summed E-state index contributed by atoms with van der Waals surface area (Å²) >= 11 is 0. The van der Waals surface area contributed by atoms with E-state index in [1.165, 1.54) is 16.8 Å². The van der Waals surface area contributed by atoms with Crippen molar-refractivity contribution in [1.29, 1.82) is 0 Å². The third-order valence-electron chi connectivity index (χ3n) is 3.43. The minimum atomic E-state index is 0.923. The molecule has 2 aromatic carbocycles. The van der Waals surface area contributed by atoms with Crippen LogP contribution in [-0.4, -0.2) is 18.9 Å². The Balaban J connectivity index is 1.97. The van der Waals surface area contributed by atoms with Crippen LogP contribution >= 0.6 is 0 Å². The van der Waals surface area contributed by atoms with E-state index in [2.05, 4.69) is 60.4 Å². The third kappa shape index (κ3) is 2.53. The molecule has 0 aliphatic carbocycles. The van der Waals surface area contributed by atoms with Crippen molar-refractivity contribution in [2.24, 2.45) is 4.99 Å². The van der Waals surface area contributed by atoms with E-state index in [-0.39, 0.29) is 0 Å². The van der Waals surface area contributed by atoms with E-state index in [1.54, 1.807) is 0 Å². The number of aliphatic imine (C=N–C) groups is 1. The van der Waals surface area contributed by atoms with E-state index < -0.39 is 0 Å². The van der Waals surface area contributed by atoms with E-state index in [0.29, 0.717) is 0 Å². The molecule has 0 amide bonds. The molecule has 1 aliphatic rings. The van der Waals surface area contributed by atoms with Gasteiger partial charge in [0.2, 0.25) is 0 Å². The summed E-state index contributed by atoms with van der Waals surface area (Å²) in [6.45, 7) is 4.08. The number of aryl methyl sites for hydroxylation is 1. The van der Waals surface area contributed by atoms with E-state index in [0.717, 1.165) is 25.3 Å². The average molecular weight is 250 g/mol. The molecule has 96 valence electrons. The normalized spacial score (nSPS) is 15.2. The number of amidine groups is 1. The molecule has 0 radical (unpaired) electrons. The molecule has 0 bridgehead atoms. The molecule has 0 aromatic heterocycles. The Kier molecular flexibility index (Phi) is 3.32. The van der Waals surface area contributed by atoms with Gasteiger partial charge in [-0.3, -0.25) is 4.99 Å². The lowest BCUT2D eigenvalue weighted by atomic mass is 10.1. The monoisotopic (exact) mass is 250 g/mol. The molecule has 0 fully saturated rings. The second-order valence-electron chi connectivity index (χ2n) is 4.91. The van der Waals surface area contributed by atoms with Crippen LogP contribution in [0, 0.1) is 6.92 Å². The van der Waals surface area contributed by atoms with Crippen molar-refractivity contribution in [3.63, 3.8) is 0 Å². The maximum Gasteiger partial charge on any atom is 0.135 e. The fourth-order valence-electron chi connectivity index (χ4n) is 2.42. The molecular formula is C17H18N2. The molecule has 0 saturated carbocycles. The standard InChI is InChI=1S/C17H18N2/c1-14-8-10-16(11-9-14)19-13-5-12-18-17(19)15-6-3-2-4-7-15/h2-4,6-11H,5,12-13H2,1H3. The SMILES string of the molecule is Cc1ccc(N2CCCN=C2c2ccccc2)cc1. The predicted octanol–water partition coefficient (Wildman–Crippen LogP) is 3.65. The van der Waals surface area contributed by atoms with E-state index >= 15 is 0 Å². The number of rotatable bonds is 2. The number of hydrogen-bond donors (Lipinski definition) is 0. The molecule has 0 atom stereocenters. The van der Waals surface area contributed by atoms with Gasteiger partial charge in [0.1, 0.15) is 5.84 Å². The van der Waals surface area contributed by atoms with Crippen LogP contribution in [0.5, 0.6) is 0 Å².